The molecule has 8 bridgehead atoms. The van der Waals surface area contributed by atoms with Gasteiger partial charge in [-0.05, 0) is 74.2 Å². The van der Waals surface area contributed by atoms with Crippen LogP contribution in [0.1, 0.15) is 75.7 Å². The number of nitrogens with one attached hydrogen (secondary N) is 4. The topological polar surface area (TPSA) is 76.5 Å². The number of fused-ring (bicyclic) bond motifs is 7. The third-order valence-electron chi connectivity index (χ3n) is 8.11. The summed E-state index contributed by atoms with van der Waals surface area (Å²) in [6.45, 7) is 13.1. The second-order valence-electron chi connectivity index (χ2n) is 10.0. The number of hydrogen-bond acceptors (Lipinski definition) is 2. The summed E-state index contributed by atoms with van der Waals surface area (Å²) in [5, 5.41) is 5.84. The fourth-order valence-corrected chi connectivity index (χ4v) is 5.63. The van der Waals surface area contributed by atoms with Gasteiger partial charge in [-0.2, -0.15) is 0 Å². The molecular formula is C28H30N4O. The number of ketones is 1. The summed E-state index contributed by atoms with van der Waals surface area (Å²) in [5.74, 6) is 0.859. The minimum atomic E-state index is 0.207. The summed E-state index contributed by atoms with van der Waals surface area (Å²) in [4.78, 5) is 23.9. The molecule has 4 N–H and O–H groups in total. The van der Waals surface area contributed by atoms with Crippen LogP contribution in [-0.2, 0) is 0 Å². The molecule has 0 radical (unpaired) electrons. The zero-order valence-corrected chi connectivity index (χ0v) is 20.1. The van der Waals surface area contributed by atoms with Crippen molar-refractivity contribution in [2.45, 2.75) is 48.0 Å². The molecule has 0 unspecified atom stereocenters. The fourth-order valence-electron chi connectivity index (χ4n) is 5.63. The van der Waals surface area contributed by atoms with Gasteiger partial charge in [-0.15, -0.1) is 0 Å². The van der Waals surface area contributed by atoms with Crippen LogP contribution in [0.5, 0.6) is 0 Å². The van der Waals surface area contributed by atoms with Gasteiger partial charge in [0.1, 0.15) is 0 Å². The lowest BCUT2D eigenvalue weighted by atomic mass is 9.92. The first-order valence-electron chi connectivity index (χ1n) is 11.8. The van der Waals surface area contributed by atoms with Crippen LogP contribution in [0.15, 0.2) is 17.5 Å². The number of aromatic amines is 3. The van der Waals surface area contributed by atoms with Gasteiger partial charge in [0, 0.05) is 68.6 Å². The Morgan fingerprint density at radius 3 is 2.27 bits per heavy atom. The number of aryl methyl sites for hydroxylation is 1. The molecule has 5 heteroatoms. The van der Waals surface area contributed by atoms with Crippen molar-refractivity contribution in [3.05, 3.63) is 78.8 Å². The van der Waals surface area contributed by atoms with Crippen LogP contribution in [0.25, 0.3) is 23.8 Å². The molecule has 2 aliphatic heterocycles. The number of hydrogen-bond donors (Lipinski definition) is 4. The van der Waals surface area contributed by atoms with Crippen molar-refractivity contribution in [1.29, 1.82) is 0 Å². The van der Waals surface area contributed by atoms with E-state index in [0.717, 1.165) is 50.2 Å². The molecule has 33 heavy (non-hydrogen) atoms. The van der Waals surface area contributed by atoms with Crippen LogP contribution in [0.2, 0.25) is 0 Å². The van der Waals surface area contributed by atoms with Crippen molar-refractivity contribution in [3.8, 4) is 0 Å². The highest BCUT2D eigenvalue weighted by Gasteiger charge is 2.37. The first-order valence-corrected chi connectivity index (χ1v) is 11.8. The summed E-state index contributed by atoms with van der Waals surface area (Å²) >= 11 is 0. The van der Waals surface area contributed by atoms with Gasteiger partial charge in [0.25, 0.3) is 0 Å². The second kappa shape index (κ2) is 6.77. The first kappa shape index (κ1) is 20.2. The van der Waals surface area contributed by atoms with Crippen LogP contribution in [0.4, 0.5) is 0 Å². The minimum absolute atomic E-state index is 0.207. The Morgan fingerprint density at radius 2 is 1.52 bits per heavy atom. The number of rotatable bonds is 0. The van der Waals surface area contributed by atoms with Gasteiger partial charge in [0.05, 0.1) is 5.69 Å². The Hall–Kier alpha value is -3.47. The Balaban J connectivity index is 1.70. The van der Waals surface area contributed by atoms with Crippen molar-refractivity contribution in [1.82, 2.24) is 20.3 Å². The van der Waals surface area contributed by atoms with E-state index in [0.29, 0.717) is 18.3 Å². The van der Waals surface area contributed by atoms with Crippen LogP contribution in [0, 0.1) is 39.5 Å². The molecule has 5 nitrogen and oxygen atoms in total. The van der Waals surface area contributed by atoms with Gasteiger partial charge in [0.2, 0.25) is 0 Å². The smallest absolute Gasteiger partial charge is 0.169 e. The van der Waals surface area contributed by atoms with Gasteiger partial charge >= 0.3 is 0 Å². The van der Waals surface area contributed by atoms with Gasteiger partial charge in [0.15, 0.2) is 5.78 Å². The van der Waals surface area contributed by atoms with E-state index in [1.54, 1.807) is 0 Å². The molecule has 168 valence electrons. The van der Waals surface area contributed by atoms with E-state index >= 15 is 0 Å². The van der Waals surface area contributed by atoms with E-state index in [-0.39, 0.29) is 5.78 Å². The standard InChI is InChI=1S/C28H30N4O/c1-12-7-18-8-21-17(6)26-25(33)9-19(28(26)32-21)27-16(5)15(4)24(31-27)11-23-14(3)13(2)22(30-23)10-20(12)29-18/h7-8,10-11,15-16,29-32H,9H2,1-6H3/b18-8-,20-10-,24-11-,27-19-/t15-,16-/m0/s1. The Morgan fingerprint density at radius 1 is 0.818 bits per heavy atom. The average molecular weight is 439 g/mol. The zero-order chi connectivity index (χ0) is 23.2. The molecular weight excluding hydrogens is 408 g/mol. The van der Waals surface area contributed by atoms with Gasteiger partial charge in [-0.1, -0.05) is 13.8 Å². The largest absolute Gasteiger partial charge is 0.361 e. The van der Waals surface area contributed by atoms with Crippen molar-refractivity contribution >= 4 is 29.6 Å². The molecule has 2 atom stereocenters. The van der Waals surface area contributed by atoms with Crippen LogP contribution >= 0.6 is 0 Å². The third kappa shape index (κ3) is 2.81. The number of Topliss-reactive ketones (excluding diaryl/α,β-unsaturated/α-hetero) is 1. The van der Waals surface area contributed by atoms with Crippen LogP contribution in [-0.4, -0.2) is 20.7 Å². The maximum Gasteiger partial charge on any atom is 0.169 e. The van der Waals surface area contributed by atoms with E-state index in [9.17, 15) is 4.79 Å². The monoisotopic (exact) mass is 438 g/mol. The lowest BCUT2D eigenvalue weighted by Crippen LogP contribution is -2.11. The number of H-pyrrole nitrogens is 3. The quantitative estimate of drug-likeness (QED) is 0.427. The lowest BCUT2D eigenvalue weighted by Gasteiger charge is -2.11. The van der Waals surface area contributed by atoms with Crippen LogP contribution < -0.4 is 16.0 Å². The molecule has 0 saturated carbocycles. The lowest BCUT2D eigenvalue weighted by molar-refractivity contribution is 0.100. The predicted molar refractivity (Wildman–Crippen MR) is 133 cm³/mol. The maximum absolute atomic E-state index is 13.1. The molecule has 1 aliphatic carbocycles. The summed E-state index contributed by atoms with van der Waals surface area (Å²) in [5.41, 5.74) is 13.3. The Bertz CT molecular complexity index is 1550. The molecule has 3 aromatic rings. The van der Waals surface area contributed by atoms with E-state index < -0.39 is 0 Å². The summed E-state index contributed by atoms with van der Waals surface area (Å²) < 4.78 is 0. The van der Waals surface area contributed by atoms with E-state index in [1.807, 2.05) is 0 Å². The molecule has 3 aliphatic rings. The van der Waals surface area contributed by atoms with E-state index in [2.05, 4.69) is 86.1 Å². The van der Waals surface area contributed by atoms with Crippen molar-refractivity contribution in [2.75, 3.05) is 0 Å². The van der Waals surface area contributed by atoms with Gasteiger partial charge < -0.3 is 20.3 Å². The average Bonchev–Trinajstić information content (AvgIpc) is 3.51. The molecule has 0 spiro atoms. The number of allylic oxidation sites excluding steroid dienone is 3. The first-order chi connectivity index (χ1) is 15.7. The second-order valence-corrected chi connectivity index (χ2v) is 10.0. The molecule has 1 saturated heterocycles. The SMILES string of the molecule is Cc1c2[nH]c(c1C)/C=c1\[nH]/c(cc1C)=C\c1[nH]c3c(c1C)C(=O)C/C3=C1/N/C(=C\2)[C@@H](C)[C@@H]1C. The number of carbonyl (C=O) groups excluding carboxylic acids is 1. The van der Waals surface area contributed by atoms with Crippen molar-refractivity contribution in [2.24, 2.45) is 11.8 Å². The van der Waals surface area contributed by atoms with Gasteiger partial charge in [-0.3, -0.25) is 4.79 Å². The Labute approximate surface area is 193 Å². The molecule has 0 amide bonds. The highest BCUT2D eigenvalue weighted by Crippen LogP contribution is 2.43. The van der Waals surface area contributed by atoms with E-state index in [1.165, 1.54) is 28.1 Å². The third-order valence-corrected chi connectivity index (χ3v) is 8.11. The molecule has 6 rings (SSSR count). The summed E-state index contributed by atoms with van der Waals surface area (Å²) in [6.07, 6.45) is 7.03. The molecule has 1 fully saturated rings. The number of aromatic nitrogens is 3. The highest BCUT2D eigenvalue weighted by atomic mass is 16.1. The van der Waals surface area contributed by atoms with Crippen LogP contribution in [0.3, 0.4) is 0 Å². The number of carbonyl (C=O) groups is 1. The van der Waals surface area contributed by atoms with Gasteiger partial charge in [-0.25, -0.2) is 0 Å². The zero-order valence-electron chi connectivity index (χ0n) is 20.1. The summed E-state index contributed by atoms with van der Waals surface area (Å²) in [7, 11) is 0. The maximum atomic E-state index is 13.1. The normalized spacial score (nSPS) is 27.0. The molecule has 3 aromatic heterocycles. The molecule has 5 heterocycles. The minimum Gasteiger partial charge on any atom is -0.361 e. The van der Waals surface area contributed by atoms with E-state index in [4.69, 9.17) is 0 Å². The fraction of sp³-hybridized carbons (Fsp3) is 0.321. The van der Waals surface area contributed by atoms with Crippen molar-refractivity contribution in [3.63, 3.8) is 0 Å². The highest BCUT2D eigenvalue weighted by molar-refractivity contribution is 6.13. The molecule has 0 aromatic carbocycles. The Kier molecular flexibility index (Phi) is 4.13. The summed E-state index contributed by atoms with van der Waals surface area (Å²) in [6, 6.07) is 2.16. The predicted octanol–water partition coefficient (Wildman–Crippen LogP) is 4.09. The van der Waals surface area contributed by atoms with Crippen molar-refractivity contribution < 1.29 is 4.79 Å².